The van der Waals surface area contributed by atoms with Gasteiger partial charge in [-0.3, -0.25) is 0 Å². The fourth-order valence-electron chi connectivity index (χ4n) is 4.07. The highest BCUT2D eigenvalue weighted by molar-refractivity contribution is 6.30. The van der Waals surface area contributed by atoms with Crippen molar-refractivity contribution in [3.63, 3.8) is 0 Å². The normalized spacial score (nSPS) is 16.6. The van der Waals surface area contributed by atoms with Gasteiger partial charge in [-0.15, -0.1) is 10.2 Å². The SMILES string of the molecule is Clc1ccc(-c2nnc(NC3CCCN(c4ccccn4)C3)c3ccccc23)cc1. The molecule has 1 aliphatic heterocycles. The number of benzene rings is 2. The quantitative estimate of drug-likeness (QED) is 0.482. The number of hydrogen-bond donors (Lipinski definition) is 1. The van der Waals surface area contributed by atoms with E-state index < -0.39 is 0 Å². The largest absolute Gasteiger partial charge is 0.364 e. The molecule has 1 saturated heterocycles. The molecule has 1 N–H and O–H groups in total. The average Bonchev–Trinajstić information content (AvgIpc) is 2.81. The average molecular weight is 416 g/mol. The van der Waals surface area contributed by atoms with Crippen LogP contribution in [-0.2, 0) is 0 Å². The molecule has 0 amide bonds. The molecule has 30 heavy (non-hydrogen) atoms. The van der Waals surface area contributed by atoms with E-state index in [2.05, 4.69) is 43.6 Å². The Kier molecular flexibility index (Phi) is 5.20. The van der Waals surface area contributed by atoms with Crippen LogP contribution in [0.25, 0.3) is 22.0 Å². The molecule has 5 nitrogen and oxygen atoms in total. The standard InChI is InChI=1S/C24H22ClN5/c25-18-12-10-17(11-13-18)23-20-7-1-2-8-21(20)24(29-28-23)27-19-6-5-15-30(16-19)22-9-3-4-14-26-22/h1-4,7-14,19H,5-6,15-16H2,(H,27,29). The summed E-state index contributed by atoms with van der Waals surface area (Å²) in [5.74, 6) is 1.86. The summed E-state index contributed by atoms with van der Waals surface area (Å²) in [6, 6.07) is 22.4. The molecular formula is C24H22ClN5. The number of nitrogens with zero attached hydrogens (tertiary/aromatic N) is 4. The fourth-order valence-corrected chi connectivity index (χ4v) is 4.19. The second-order valence-electron chi connectivity index (χ2n) is 7.57. The molecule has 0 saturated carbocycles. The van der Waals surface area contributed by atoms with Crippen LogP contribution in [0.3, 0.4) is 0 Å². The number of rotatable bonds is 4. The summed E-state index contributed by atoms with van der Waals surface area (Å²) >= 11 is 6.05. The van der Waals surface area contributed by atoms with Crippen LogP contribution >= 0.6 is 11.6 Å². The topological polar surface area (TPSA) is 53.9 Å². The Morgan fingerprint density at radius 1 is 0.900 bits per heavy atom. The first kappa shape index (κ1) is 18.8. The zero-order chi connectivity index (χ0) is 20.3. The van der Waals surface area contributed by atoms with E-state index in [1.54, 1.807) is 0 Å². The molecule has 1 unspecified atom stereocenters. The highest BCUT2D eigenvalue weighted by Crippen LogP contribution is 2.31. The van der Waals surface area contributed by atoms with Crippen molar-refractivity contribution < 1.29 is 0 Å². The van der Waals surface area contributed by atoms with E-state index >= 15 is 0 Å². The van der Waals surface area contributed by atoms with Crippen molar-refractivity contribution in [2.24, 2.45) is 0 Å². The Bertz CT molecular complexity index is 1150. The number of aromatic nitrogens is 3. The molecule has 2 aromatic carbocycles. The molecule has 1 atom stereocenters. The lowest BCUT2D eigenvalue weighted by Crippen LogP contribution is -2.42. The Morgan fingerprint density at radius 2 is 1.70 bits per heavy atom. The van der Waals surface area contributed by atoms with E-state index in [0.717, 1.165) is 59.6 Å². The van der Waals surface area contributed by atoms with Gasteiger partial charge in [0.15, 0.2) is 5.82 Å². The molecule has 150 valence electrons. The summed E-state index contributed by atoms with van der Waals surface area (Å²) in [6.45, 7) is 1.92. The Labute approximate surface area is 180 Å². The maximum absolute atomic E-state index is 6.05. The molecule has 0 spiro atoms. The van der Waals surface area contributed by atoms with Crippen LogP contribution in [-0.4, -0.2) is 34.3 Å². The molecule has 1 fully saturated rings. The number of halogens is 1. The van der Waals surface area contributed by atoms with Crippen LogP contribution in [0, 0.1) is 0 Å². The maximum Gasteiger partial charge on any atom is 0.156 e. The summed E-state index contributed by atoms with van der Waals surface area (Å²) in [4.78, 5) is 6.84. The molecule has 3 heterocycles. The predicted molar refractivity (Wildman–Crippen MR) is 123 cm³/mol. The Hall–Kier alpha value is -3.18. The van der Waals surface area contributed by atoms with Crippen LogP contribution in [0.4, 0.5) is 11.6 Å². The summed E-state index contributed by atoms with van der Waals surface area (Å²) in [5, 5.41) is 15.7. The number of hydrogen-bond acceptors (Lipinski definition) is 5. The minimum atomic E-state index is 0.292. The minimum Gasteiger partial charge on any atom is -0.364 e. The maximum atomic E-state index is 6.05. The van der Waals surface area contributed by atoms with Gasteiger partial charge in [0.1, 0.15) is 11.5 Å². The number of fused-ring (bicyclic) bond motifs is 1. The monoisotopic (exact) mass is 415 g/mol. The van der Waals surface area contributed by atoms with Crippen molar-refractivity contribution in [2.75, 3.05) is 23.3 Å². The van der Waals surface area contributed by atoms with Crippen molar-refractivity contribution in [3.8, 4) is 11.3 Å². The molecule has 0 bridgehead atoms. The highest BCUT2D eigenvalue weighted by Gasteiger charge is 2.22. The van der Waals surface area contributed by atoms with Gasteiger partial charge in [-0.05, 0) is 37.1 Å². The fraction of sp³-hybridized carbons (Fsp3) is 0.208. The summed E-state index contributed by atoms with van der Waals surface area (Å²) in [7, 11) is 0. The van der Waals surface area contributed by atoms with Crippen molar-refractivity contribution in [3.05, 3.63) is 77.9 Å². The van der Waals surface area contributed by atoms with Gasteiger partial charge in [-0.1, -0.05) is 54.1 Å². The lowest BCUT2D eigenvalue weighted by atomic mass is 10.0. The van der Waals surface area contributed by atoms with Gasteiger partial charge in [0.05, 0.1) is 0 Å². The number of piperidine rings is 1. The first-order chi connectivity index (χ1) is 14.8. The van der Waals surface area contributed by atoms with E-state index in [9.17, 15) is 0 Å². The van der Waals surface area contributed by atoms with E-state index in [0.29, 0.717) is 11.1 Å². The lowest BCUT2D eigenvalue weighted by Gasteiger charge is -2.34. The van der Waals surface area contributed by atoms with Crippen molar-refractivity contribution in [2.45, 2.75) is 18.9 Å². The highest BCUT2D eigenvalue weighted by atomic mass is 35.5. The van der Waals surface area contributed by atoms with Crippen molar-refractivity contribution in [1.82, 2.24) is 15.2 Å². The molecule has 5 rings (SSSR count). The lowest BCUT2D eigenvalue weighted by molar-refractivity contribution is 0.525. The molecule has 2 aromatic heterocycles. The smallest absolute Gasteiger partial charge is 0.156 e. The predicted octanol–water partition coefficient (Wildman–Crippen LogP) is 5.43. The first-order valence-electron chi connectivity index (χ1n) is 10.2. The van der Waals surface area contributed by atoms with Gasteiger partial charge in [-0.2, -0.15) is 0 Å². The van der Waals surface area contributed by atoms with E-state index in [-0.39, 0.29) is 0 Å². The molecule has 6 heteroatoms. The third-order valence-electron chi connectivity index (χ3n) is 5.54. The number of pyridine rings is 1. The molecule has 1 aliphatic rings. The second-order valence-corrected chi connectivity index (χ2v) is 8.00. The van der Waals surface area contributed by atoms with Crippen LogP contribution in [0.2, 0.25) is 5.02 Å². The van der Waals surface area contributed by atoms with Crippen LogP contribution in [0.5, 0.6) is 0 Å². The van der Waals surface area contributed by atoms with Gasteiger partial charge >= 0.3 is 0 Å². The number of anilines is 2. The first-order valence-corrected chi connectivity index (χ1v) is 10.6. The third kappa shape index (κ3) is 3.81. The van der Waals surface area contributed by atoms with Crippen molar-refractivity contribution in [1.29, 1.82) is 0 Å². The second kappa shape index (κ2) is 8.28. The third-order valence-corrected chi connectivity index (χ3v) is 5.79. The van der Waals surface area contributed by atoms with Crippen LogP contribution < -0.4 is 10.2 Å². The molecule has 0 radical (unpaired) electrons. The zero-order valence-corrected chi connectivity index (χ0v) is 17.3. The summed E-state index contributed by atoms with van der Waals surface area (Å²) < 4.78 is 0. The summed E-state index contributed by atoms with van der Waals surface area (Å²) in [6.07, 6.45) is 4.06. The molecular weight excluding hydrogens is 394 g/mol. The van der Waals surface area contributed by atoms with Gasteiger partial charge < -0.3 is 10.2 Å². The van der Waals surface area contributed by atoms with E-state index in [1.807, 2.05) is 54.7 Å². The van der Waals surface area contributed by atoms with Crippen LogP contribution in [0.1, 0.15) is 12.8 Å². The van der Waals surface area contributed by atoms with Gasteiger partial charge in [0.2, 0.25) is 0 Å². The van der Waals surface area contributed by atoms with Gasteiger partial charge in [-0.25, -0.2) is 4.98 Å². The Morgan fingerprint density at radius 3 is 2.50 bits per heavy atom. The van der Waals surface area contributed by atoms with Gasteiger partial charge in [0.25, 0.3) is 0 Å². The zero-order valence-electron chi connectivity index (χ0n) is 16.5. The van der Waals surface area contributed by atoms with E-state index in [4.69, 9.17) is 11.6 Å². The van der Waals surface area contributed by atoms with Gasteiger partial charge in [0, 0.05) is 46.7 Å². The van der Waals surface area contributed by atoms with Crippen LogP contribution in [0.15, 0.2) is 72.9 Å². The summed E-state index contributed by atoms with van der Waals surface area (Å²) in [5.41, 5.74) is 1.88. The van der Waals surface area contributed by atoms with Crippen molar-refractivity contribution >= 4 is 34.0 Å². The van der Waals surface area contributed by atoms with E-state index in [1.165, 1.54) is 0 Å². The Balaban J connectivity index is 1.44. The minimum absolute atomic E-state index is 0.292. The molecule has 4 aromatic rings. The number of nitrogens with one attached hydrogen (secondary N) is 1. The molecule has 0 aliphatic carbocycles.